The highest BCUT2D eigenvalue weighted by molar-refractivity contribution is 7.99. The topological polar surface area (TPSA) is 101 Å². The summed E-state index contributed by atoms with van der Waals surface area (Å²) in [7, 11) is 1.84. The zero-order valence-corrected chi connectivity index (χ0v) is 23.0. The molecule has 2 aliphatic rings. The van der Waals surface area contributed by atoms with Gasteiger partial charge in [0.15, 0.2) is 0 Å². The number of anilines is 1. The van der Waals surface area contributed by atoms with Crippen LogP contribution in [-0.2, 0) is 17.3 Å². The first-order valence-corrected chi connectivity index (χ1v) is 14.3. The van der Waals surface area contributed by atoms with Crippen LogP contribution in [0, 0.1) is 11.8 Å². The van der Waals surface area contributed by atoms with Crippen LogP contribution in [0.2, 0.25) is 0 Å². The Morgan fingerprint density at radius 3 is 2.31 bits per heavy atom. The minimum Gasteiger partial charge on any atom is -0.477 e. The minimum atomic E-state index is -0.949. The molecule has 2 aromatic heterocycles. The van der Waals surface area contributed by atoms with Gasteiger partial charge in [-0.15, -0.1) is 16.4 Å². The minimum absolute atomic E-state index is 0.0110. The zero-order valence-electron chi connectivity index (χ0n) is 21.4. The lowest BCUT2D eigenvalue weighted by Gasteiger charge is -2.39. The summed E-state index contributed by atoms with van der Waals surface area (Å²) in [4.78, 5) is 29.5. The van der Waals surface area contributed by atoms with Crippen LogP contribution in [0.5, 0.6) is 0 Å². The number of aromatic nitrogens is 4. The number of rotatable bonds is 6. The monoisotopic (exact) mass is 519 g/mol. The van der Waals surface area contributed by atoms with Crippen LogP contribution in [0.4, 0.5) is 5.69 Å². The predicted octanol–water partition coefficient (Wildman–Crippen LogP) is 5.53. The van der Waals surface area contributed by atoms with Gasteiger partial charge in [0, 0.05) is 29.1 Å². The number of hydrogen-bond acceptors (Lipinski definition) is 7. The largest absolute Gasteiger partial charge is 0.477 e. The Hall–Kier alpha value is -1.94. The van der Waals surface area contributed by atoms with E-state index in [0.717, 1.165) is 61.4 Å². The van der Waals surface area contributed by atoms with Gasteiger partial charge in [-0.1, -0.05) is 39.5 Å². The Balaban J connectivity index is 1.61. The molecule has 8 nitrogen and oxygen atoms in total. The summed E-state index contributed by atoms with van der Waals surface area (Å²) in [6.45, 7) is 8.52. The Labute approximate surface area is 215 Å². The maximum Gasteiger partial charge on any atom is 0.348 e. The molecule has 2 saturated carbocycles. The molecule has 2 fully saturated rings. The smallest absolute Gasteiger partial charge is 0.348 e. The van der Waals surface area contributed by atoms with Crippen molar-refractivity contribution in [2.24, 2.45) is 18.9 Å². The number of aromatic carboxylic acids is 1. The maximum atomic E-state index is 14.0. The van der Waals surface area contributed by atoms with Crippen LogP contribution < -0.4 is 4.90 Å². The molecule has 0 bridgehead atoms. The van der Waals surface area contributed by atoms with Gasteiger partial charge in [-0.2, -0.15) is 0 Å². The molecule has 4 rings (SSSR count). The van der Waals surface area contributed by atoms with Gasteiger partial charge < -0.3 is 10.0 Å². The average molecular weight is 520 g/mol. The van der Waals surface area contributed by atoms with E-state index in [0.29, 0.717) is 16.9 Å². The van der Waals surface area contributed by atoms with E-state index in [1.807, 2.05) is 18.0 Å². The summed E-state index contributed by atoms with van der Waals surface area (Å²) in [6.07, 6.45) is 7.46. The van der Waals surface area contributed by atoms with Crippen LogP contribution >= 0.6 is 23.1 Å². The van der Waals surface area contributed by atoms with E-state index in [2.05, 4.69) is 43.2 Å². The highest BCUT2D eigenvalue weighted by atomic mass is 32.2. The molecule has 0 aromatic carbocycles. The van der Waals surface area contributed by atoms with Crippen LogP contribution in [-0.4, -0.2) is 48.5 Å². The molecule has 35 heavy (non-hydrogen) atoms. The van der Waals surface area contributed by atoms with Gasteiger partial charge in [0.05, 0.1) is 5.69 Å². The van der Waals surface area contributed by atoms with Crippen molar-refractivity contribution >= 4 is 40.7 Å². The van der Waals surface area contributed by atoms with Gasteiger partial charge in [-0.25, -0.2) is 9.48 Å². The van der Waals surface area contributed by atoms with Gasteiger partial charge in [0.1, 0.15) is 4.88 Å². The summed E-state index contributed by atoms with van der Waals surface area (Å²) in [6, 6.07) is 1.99. The predicted molar refractivity (Wildman–Crippen MR) is 139 cm³/mol. The number of hydrogen-bond donors (Lipinski definition) is 1. The number of nitrogens with zero attached hydrogens (tertiary/aromatic N) is 5. The lowest BCUT2D eigenvalue weighted by atomic mass is 9.81. The molecule has 0 unspecified atom stereocenters. The molecule has 1 amide bonds. The SMILES string of the molecule is CC1CCC(C(=O)N(c2cc(C(C)(C)C)sc2C(=O)O)C2CCC(Sc3nnnn3C)CC2)CC1. The third-order valence-corrected chi connectivity index (χ3v) is 10.3. The Morgan fingerprint density at radius 2 is 1.77 bits per heavy atom. The Bertz CT molecular complexity index is 1040. The van der Waals surface area contributed by atoms with Crippen LogP contribution in [0.25, 0.3) is 0 Å². The molecule has 0 saturated heterocycles. The number of aryl methyl sites for hydroxylation is 1. The molecule has 0 atom stereocenters. The van der Waals surface area contributed by atoms with Crippen molar-refractivity contribution in [3.8, 4) is 0 Å². The second-order valence-corrected chi connectivity index (χ2v) is 13.5. The number of carbonyl (C=O) groups excluding carboxylic acids is 1. The van der Waals surface area contributed by atoms with E-state index < -0.39 is 5.97 Å². The number of amides is 1. The number of carboxylic acids is 1. The molecule has 2 heterocycles. The van der Waals surface area contributed by atoms with Crippen molar-refractivity contribution < 1.29 is 14.7 Å². The van der Waals surface area contributed by atoms with E-state index in [-0.39, 0.29) is 28.2 Å². The summed E-state index contributed by atoms with van der Waals surface area (Å²) in [5, 5.41) is 23.0. The van der Waals surface area contributed by atoms with E-state index in [9.17, 15) is 14.7 Å². The third-order valence-electron chi connectivity index (χ3n) is 7.37. The van der Waals surface area contributed by atoms with Crippen molar-refractivity contribution in [2.75, 3.05) is 4.90 Å². The van der Waals surface area contributed by atoms with Crippen molar-refractivity contribution in [1.29, 1.82) is 0 Å². The van der Waals surface area contributed by atoms with Crippen molar-refractivity contribution in [3.63, 3.8) is 0 Å². The van der Waals surface area contributed by atoms with E-state index >= 15 is 0 Å². The first-order valence-electron chi connectivity index (χ1n) is 12.6. The van der Waals surface area contributed by atoms with Crippen LogP contribution in [0.1, 0.15) is 93.6 Å². The lowest BCUT2D eigenvalue weighted by Crippen LogP contribution is -2.46. The number of thiophene rings is 1. The summed E-state index contributed by atoms with van der Waals surface area (Å²) in [5.74, 6) is -0.207. The van der Waals surface area contributed by atoms with Gasteiger partial charge >= 0.3 is 5.97 Å². The number of carbonyl (C=O) groups is 2. The van der Waals surface area contributed by atoms with E-state index in [1.165, 1.54) is 11.3 Å². The summed E-state index contributed by atoms with van der Waals surface area (Å²) in [5.41, 5.74) is 0.422. The quantitative estimate of drug-likeness (QED) is 0.535. The van der Waals surface area contributed by atoms with Gasteiger partial charge in [0.25, 0.3) is 0 Å². The molecular weight excluding hydrogens is 482 g/mol. The highest BCUT2D eigenvalue weighted by Crippen LogP contribution is 2.43. The van der Waals surface area contributed by atoms with Crippen LogP contribution in [0.15, 0.2) is 11.2 Å². The fourth-order valence-electron chi connectivity index (χ4n) is 5.17. The van der Waals surface area contributed by atoms with Crippen molar-refractivity contribution in [2.45, 2.75) is 101 Å². The van der Waals surface area contributed by atoms with Gasteiger partial charge in [-0.05, 0) is 79.2 Å². The molecule has 10 heteroatoms. The highest BCUT2D eigenvalue weighted by Gasteiger charge is 2.38. The van der Waals surface area contributed by atoms with Gasteiger partial charge in [0.2, 0.25) is 11.1 Å². The molecule has 2 aromatic rings. The number of thioether (sulfide) groups is 1. The van der Waals surface area contributed by atoms with E-state index in [1.54, 1.807) is 16.4 Å². The molecule has 0 aliphatic heterocycles. The first-order chi connectivity index (χ1) is 16.5. The fourth-order valence-corrected chi connectivity index (χ4v) is 7.30. The molecular formula is C25H37N5O3S2. The number of carboxylic acid groups (broad SMARTS) is 1. The molecule has 192 valence electrons. The molecule has 0 radical (unpaired) electrons. The first kappa shape index (κ1) is 26.1. The van der Waals surface area contributed by atoms with Crippen molar-refractivity contribution in [3.05, 3.63) is 15.8 Å². The van der Waals surface area contributed by atoms with Crippen LogP contribution in [0.3, 0.4) is 0 Å². The Kier molecular flexibility index (Phi) is 7.90. The average Bonchev–Trinajstić information content (AvgIpc) is 3.42. The fraction of sp³-hybridized carbons (Fsp3) is 0.720. The lowest BCUT2D eigenvalue weighted by molar-refractivity contribution is -0.124. The van der Waals surface area contributed by atoms with Crippen molar-refractivity contribution in [1.82, 2.24) is 20.2 Å². The maximum absolute atomic E-state index is 14.0. The molecule has 1 N–H and O–H groups in total. The molecule has 0 spiro atoms. The third kappa shape index (κ3) is 5.90. The summed E-state index contributed by atoms with van der Waals surface area (Å²) >= 11 is 3.00. The second kappa shape index (κ2) is 10.6. The van der Waals surface area contributed by atoms with Gasteiger partial charge in [-0.3, -0.25) is 4.79 Å². The Morgan fingerprint density at radius 1 is 1.11 bits per heavy atom. The summed E-state index contributed by atoms with van der Waals surface area (Å²) < 4.78 is 1.69. The standard InChI is InChI=1S/C25H37N5O3S2/c1-15-6-8-16(9-7-15)22(31)30(19-14-20(25(2,3)4)35-21(19)23(32)33)17-10-12-18(13-11-17)34-24-26-27-28-29(24)5/h14-18H,6-13H2,1-5H3,(H,32,33). The van der Waals surface area contributed by atoms with E-state index in [4.69, 9.17) is 0 Å². The second-order valence-electron chi connectivity index (χ2n) is 11.2. The molecule has 2 aliphatic carbocycles. The normalized spacial score (nSPS) is 25.4. The number of tetrazole rings is 1. The zero-order chi connectivity index (χ0) is 25.3.